The molecule has 1 saturated carbocycles. The summed E-state index contributed by atoms with van der Waals surface area (Å²) in [6, 6.07) is 8.02. The fraction of sp³-hybridized carbons (Fsp3) is 0.571. The molecule has 1 aromatic rings. The van der Waals surface area contributed by atoms with E-state index in [2.05, 4.69) is 0 Å². The van der Waals surface area contributed by atoms with Crippen LogP contribution in [0.2, 0.25) is 0 Å². The van der Waals surface area contributed by atoms with Gasteiger partial charge in [-0.1, -0.05) is 12.1 Å². The predicted molar refractivity (Wildman–Crippen MR) is 68.1 cm³/mol. The van der Waals surface area contributed by atoms with E-state index < -0.39 is 0 Å². The Balaban J connectivity index is 2.01. The summed E-state index contributed by atoms with van der Waals surface area (Å²) in [6.07, 6.45) is 4.42. The van der Waals surface area contributed by atoms with E-state index in [0.29, 0.717) is 0 Å². The number of hydrogen-bond donors (Lipinski definition) is 1. The minimum Gasteiger partial charge on any atom is -0.497 e. The van der Waals surface area contributed by atoms with Crippen LogP contribution >= 0.6 is 0 Å². The van der Waals surface area contributed by atoms with Crippen LogP contribution < -0.4 is 10.5 Å². The first-order chi connectivity index (χ1) is 8.19. The van der Waals surface area contributed by atoms with Gasteiger partial charge in [0.2, 0.25) is 0 Å². The molecule has 1 atom stereocenters. The smallest absolute Gasteiger partial charge is 0.118 e. The van der Waals surface area contributed by atoms with Crippen LogP contribution in [0, 0.1) is 0 Å². The molecule has 1 aliphatic rings. The third-order valence-corrected chi connectivity index (χ3v) is 3.83. The van der Waals surface area contributed by atoms with Crippen molar-refractivity contribution < 1.29 is 9.47 Å². The summed E-state index contributed by atoms with van der Waals surface area (Å²) in [5, 5.41) is 0. The number of ether oxygens (including phenoxy) is 2. The Bertz CT molecular complexity index is 351. The van der Waals surface area contributed by atoms with Gasteiger partial charge >= 0.3 is 0 Å². The van der Waals surface area contributed by atoms with Gasteiger partial charge in [-0.05, 0) is 43.4 Å². The van der Waals surface area contributed by atoms with E-state index in [0.717, 1.165) is 30.6 Å². The summed E-state index contributed by atoms with van der Waals surface area (Å²) in [4.78, 5) is 0. The van der Waals surface area contributed by atoms with Crippen LogP contribution in [0.3, 0.4) is 0 Å². The first kappa shape index (κ1) is 12.4. The van der Waals surface area contributed by atoms with Gasteiger partial charge in [-0.25, -0.2) is 0 Å². The van der Waals surface area contributed by atoms with Gasteiger partial charge in [-0.2, -0.15) is 0 Å². The molecule has 1 aliphatic carbocycles. The minimum atomic E-state index is 0.0271. The van der Waals surface area contributed by atoms with Crippen molar-refractivity contribution in [1.29, 1.82) is 0 Å². The van der Waals surface area contributed by atoms with E-state index in [-0.39, 0.29) is 11.6 Å². The van der Waals surface area contributed by atoms with Crippen LogP contribution in [0.15, 0.2) is 24.3 Å². The molecule has 2 N–H and O–H groups in total. The van der Waals surface area contributed by atoms with E-state index in [1.807, 2.05) is 24.3 Å². The van der Waals surface area contributed by atoms with Crippen molar-refractivity contribution >= 4 is 0 Å². The lowest BCUT2D eigenvalue weighted by atomic mass is 9.75. The average molecular weight is 235 g/mol. The quantitative estimate of drug-likeness (QED) is 0.853. The summed E-state index contributed by atoms with van der Waals surface area (Å²) >= 11 is 0. The largest absolute Gasteiger partial charge is 0.497 e. The van der Waals surface area contributed by atoms with Gasteiger partial charge in [0.1, 0.15) is 5.75 Å². The molecule has 0 aliphatic heterocycles. The summed E-state index contributed by atoms with van der Waals surface area (Å²) in [5.41, 5.74) is 7.41. The van der Waals surface area contributed by atoms with Crippen molar-refractivity contribution in [3.8, 4) is 5.75 Å². The van der Waals surface area contributed by atoms with E-state index >= 15 is 0 Å². The second kappa shape index (κ2) is 5.07. The molecule has 0 spiro atoms. The maximum atomic E-state index is 6.24. The zero-order valence-corrected chi connectivity index (χ0v) is 10.6. The van der Waals surface area contributed by atoms with Crippen LogP contribution in [-0.4, -0.2) is 19.8 Å². The highest BCUT2D eigenvalue weighted by molar-refractivity contribution is 5.29. The van der Waals surface area contributed by atoms with Crippen molar-refractivity contribution in [2.45, 2.75) is 37.3 Å². The van der Waals surface area contributed by atoms with Crippen molar-refractivity contribution in [3.63, 3.8) is 0 Å². The van der Waals surface area contributed by atoms with E-state index in [1.165, 1.54) is 6.42 Å². The summed E-state index contributed by atoms with van der Waals surface area (Å²) < 4.78 is 10.7. The van der Waals surface area contributed by atoms with Gasteiger partial charge in [-0.3, -0.25) is 0 Å². The highest BCUT2D eigenvalue weighted by Crippen LogP contribution is 2.41. The number of hydrogen-bond acceptors (Lipinski definition) is 3. The Hall–Kier alpha value is -1.06. The Morgan fingerprint density at radius 3 is 2.29 bits per heavy atom. The maximum Gasteiger partial charge on any atom is 0.118 e. The molecule has 3 nitrogen and oxygen atoms in total. The number of benzene rings is 1. The van der Waals surface area contributed by atoms with Crippen LogP contribution in [0.5, 0.6) is 5.75 Å². The number of methoxy groups -OCH3 is 2. The zero-order chi connectivity index (χ0) is 12.3. The molecule has 1 aromatic carbocycles. The molecule has 0 heterocycles. The molecule has 3 heteroatoms. The monoisotopic (exact) mass is 235 g/mol. The Morgan fingerprint density at radius 2 is 1.88 bits per heavy atom. The molecule has 0 amide bonds. The topological polar surface area (TPSA) is 44.5 Å². The molecular formula is C14H21NO2. The van der Waals surface area contributed by atoms with E-state index in [4.69, 9.17) is 15.2 Å². The van der Waals surface area contributed by atoms with Gasteiger partial charge in [0, 0.05) is 13.2 Å². The lowest BCUT2D eigenvalue weighted by Gasteiger charge is -2.42. The first-order valence-electron chi connectivity index (χ1n) is 6.14. The second-order valence-electron chi connectivity index (χ2n) is 4.82. The Morgan fingerprint density at radius 1 is 1.24 bits per heavy atom. The van der Waals surface area contributed by atoms with E-state index in [9.17, 15) is 0 Å². The SMILES string of the molecule is COc1ccc(C(N)CC2(OC)CCC2)cc1. The standard InChI is InChI=1S/C14H21NO2/c1-16-12-6-4-11(5-7-12)13(15)10-14(17-2)8-3-9-14/h4-7,13H,3,8-10,15H2,1-2H3. The number of nitrogens with two attached hydrogens (primary N) is 1. The number of rotatable bonds is 5. The summed E-state index contributed by atoms with van der Waals surface area (Å²) in [5.74, 6) is 0.867. The van der Waals surface area contributed by atoms with Crippen molar-refractivity contribution in [1.82, 2.24) is 0 Å². The highest BCUT2D eigenvalue weighted by atomic mass is 16.5. The molecule has 1 fully saturated rings. The van der Waals surface area contributed by atoms with Crippen LogP contribution in [0.1, 0.15) is 37.3 Å². The molecule has 2 rings (SSSR count). The highest BCUT2D eigenvalue weighted by Gasteiger charge is 2.38. The summed E-state index contributed by atoms with van der Waals surface area (Å²) in [7, 11) is 3.46. The van der Waals surface area contributed by atoms with Crippen LogP contribution in [-0.2, 0) is 4.74 Å². The molecule has 0 radical (unpaired) electrons. The molecule has 0 bridgehead atoms. The summed E-state index contributed by atoms with van der Waals surface area (Å²) in [6.45, 7) is 0. The second-order valence-corrected chi connectivity index (χ2v) is 4.82. The Labute approximate surface area is 103 Å². The molecule has 1 unspecified atom stereocenters. The molecule has 0 saturated heterocycles. The first-order valence-corrected chi connectivity index (χ1v) is 6.14. The predicted octanol–water partition coefficient (Wildman–Crippen LogP) is 2.65. The fourth-order valence-electron chi connectivity index (χ4n) is 2.43. The maximum absolute atomic E-state index is 6.24. The van der Waals surface area contributed by atoms with E-state index in [1.54, 1.807) is 14.2 Å². The van der Waals surface area contributed by atoms with Crippen LogP contribution in [0.4, 0.5) is 0 Å². The third kappa shape index (κ3) is 2.61. The molecule has 17 heavy (non-hydrogen) atoms. The lowest BCUT2D eigenvalue weighted by molar-refractivity contribution is -0.0816. The van der Waals surface area contributed by atoms with Gasteiger partial charge in [0.25, 0.3) is 0 Å². The zero-order valence-electron chi connectivity index (χ0n) is 10.6. The van der Waals surface area contributed by atoms with Gasteiger partial charge in [-0.15, -0.1) is 0 Å². The van der Waals surface area contributed by atoms with Gasteiger partial charge in [0.15, 0.2) is 0 Å². The van der Waals surface area contributed by atoms with Crippen LogP contribution in [0.25, 0.3) is 0 Å². The van der Waals surface area contributed by atoms with Gasteiger partial charge < -0.3 is 15.2 Å². The normalized spacial score (nSPS) is 19.5. The molecular weight excluding hydrogens is 214 g/mol. The van der Waals surface area contributed by atoms with Gasteiger partial charge in [0.05, 0.1) is 12.7 Å². The lowest BCUT2D eigenvalue weighted by Crippen LogP contribution is -2.41. The minimum absolute atomic E-state index is 0.0271. The van der Waals surface area contributed by atoms with Crippen molar-refractivity contribution in [3.05, 3.63) is 29.8 Å². The third-order valence-electron chi connectivity index (χ3n) is 3.83. The molecule has 94 valence electrons. The average Bonchev–Trinajstić information content (AvgIpc) is 2.33. The molecule has 0 aromatic heterocycles. The fourth-order valence-corrected chi connectivity index (χ4v) is 2.43. The van der Waals surface area contributed by atoms with Crippen molar-refractivity contribution in [2.75, 3.05) is 14.2 Å². The van der Waals surface area contributed by atoms with Crippen molar-refractivity contribution in [2.24, 2.45) is 5.73 Å². The Kier molecular flexibility index (Phi) is 3.69.